The largest absolute Gasteiger partial charge is 0.493 e. The molecule has 4 heteroatoms. The number of amides is 1. The zero-order valence-electron chi connectivity index (χ0n) is 22.0. The Hall–Kier alpha value is -4.05. The van der Waals surface area contributed by atoms with Crippen LogP contribution in [0.25, 0.3) is 11.1 Å². The molecule has 38 heavy (non-hydrogen) atoms. The molecule has 1 aliphatic heterocycles. The summed E-state index contributed by atoms with van der Waals surface area (Å²) in [6.45, 7) is 4.44. The number of likely N-dealkylation sites (tertiary alicyclic amines) is 1. The number of ether oxygens (including phenoxy) is 2. The van der Waals surface area contributed by atoms with Gasteiger partial charge in [-0.05, 0) is 79.1 Å². The average molecular weight is 506 g/mol. The van der Waals surface area contributed by atoms with Crippen molar-refractivity contribution in [2.45, 2.75) is 32.8 Å². The zero-order chi connectivity index (χ0) is 26.2. The first-order valence-electron chi connectivity index (χ1n) is 13.6. The highest BCUT2D eigenvalue weighted by molar-refractivity contribution is 5.94. The Balaban J connectivity index is 1.22. The van der Waals surface area contributed by atoms with Gasteiger partial charge in [0.25, 0.3) is 5.91 Å². The standard InChI is InChI=1S/C34H35NO3/c1-2-37-33-18-15-30(34(36)35-21-19-27(20-22-35)23-26-9-5-3-6-10-26)24-31(33)25-38-32-16-13-29(14-17-32)28-11-7-4-8-12-28/h3-18,24,27H,2,19-23,25H2,1H3. The van der Waals surface area contributed by atoms with Gasteiger partial charge in [-0.1, -0.05) is 72.8 Å². The molecule has 4 aromatic carbocycles. The van der Waals surface area contributed by atoms with E-state index in [1.54, 1.807) is 0 Å². The topological polar surface area (TPSA) is 38.8 Å². The van der Waals surface area contributed by atoms with Gasteiger partial charge in [-0.3, -0.25) is 4.79 Å². The van der Waals surface area contributed by atoms with Crippen LogP contribution in [0.2, 0.25) is 0 Å². The Labute approximate surface area is 225 Å². The van der Waals surface area contributed by atoms with Crippen molar-refractivity contribution in [2.75, 3.05) is 19.7 Å². The molecule has 1 heterocycles. The maximum Gasteiger partial charge on any atom is 0.253 e. The minimum atomic E-state index is 0.0830. The molecule has 0 bridgehead atoms. The summed E-state index contributed by atoms with van der Waals surface area (Å²) >= 11 is 0. The monoisotopic (exact) mass is 505 g/mol. The molecule has 4 nitrogen and oxygen atoms in total. The molecule has 0 aromatic heterocycles. The molecule has 1 amide bonds. The molecule has 194 valence electrons. The van der Waals surface area contributed by atoms with Crippen LogP contribution in [0.4, 0.5) is 0 Å². The van der Waals surface area contributed by atoms with Crippen LogP contribution in [0.1, 0.15) is 41.3 Å². The number of benzene rings is 4. The molecule has 0 saturated carbocycles. The summed E-state index contributed by atoms with van der Waals surface area (Å²) in [5.41, 5.74) is 5.26. The maximum absolute atomic E-state index is 13.4. The molecule has 0 radical (unpaired) electrons. The molecule has 4 aromatic rings. The van der Waals surface area contributed by atoms with Crippen LogP contribution < -0.4 is 9.47 Å². The molecule has 1 fully saturated rings. The van der Waals surface area contributed by atoms with Crippen molar-refractivity contribution >= 4 is 5.91 Å². The minimum Gasteiger partial charge on any atom is -0.493 e. The number of carbonyl (C=O) groups excluding carboxylic acids is 1. The molecular formula is C34H35NO3. The van der Waals surface area contributed by atoms with Crippen molar-refractivity contribution < 1.29 is 14.3 Å². The lowest BCUT2D eigenvalue weighted by molar-refractivity contribution is 0.0690. The Morgan fingerprint density at radius 3 is 2.13 bits per heavy atom. The van der Waals surface area contributed by atoms with Crippen LogP contribution in [0.5, 0.6) is 11.5 Å². The summed E-state index contributed by atoms with van der Waals surface area (Å²) in [6.07, 6.45) is 3.15. The first-order chi connectivity index (χ1) is 18.7. The van der Waals surface area contributed by atoms with Crippen molar-refractivity contribution in [1.82, 2.24) is 4.90 Å². The van der Waals surface area contributed by atoms with Gasteiger partial charge in [0.1, 0.15) is 18.1 Å². The van der Waals surface area contributed by atoms with Crippen molar-refractivity contribution in [3.05, 3.63) is 120 Å². The second-order valence-electron chi connectivity index (χ2n) is 9.86. The fraction of sp³-hybridized carbons (Fsp3) is 0.265. The van der Waals surface area contributed by atoms with Gasteiger partial charge in [0, 0.05) is 24.2 Å². The van der Waals surface area contributed by atoms with Crippen LogP contribution in [-0.2, 0) is 13.0 Å². The summed E-state index contributed by atoms with van der Waals surface area (Å²) < 4.78 is 12.0. The molecule has 0 unspecified atom stereocenters. The minimum absolute atomic E-state index is 0.0830. The van der Waals surface area contributed by atoms with Gasteiger partial charge >= 0.3 is 0 Å². The normalized spacial score (nSPS) is 13.8. The van der Waals surface area contributed by atoms with Gasteiger partial charge in [-0.25, -0.2) is 0 Å². The van der Waals surface area contributed by atoms with Crippen molar-refractivity contribution in [3.8, 4) is 22.6 Å². The number of nitrogens with zero attached hydrogens (tertiary/aromatic N) is 1. The van der Waals surface area contributed by atoms with E-state index in [-0.39, 0.29) is 5.91 Å². The van der Waals surface area contributed by atoms with Crippen molar-refractivity contribution in [1.29, 1.82) is 0 Å². The van der Waals surface area contributed by atoms with Crippen LogP contribution in [0.15, 0.2) is 103 Å². The van der Waals surface area contributed by atoms with Crippen molar-refractivity contribution in [2.24, 2.45) is 5.92 Å². The molecule has 0 aliphatic carbocycles. The van der Waals surface area contributed by atoms with E-state index in [0.717, 1.165) is 55.0 Å². The number of hydrogen-bond acceptors (Lipinski definition) is 3. The average Bonchev–Trinajstić information content (AvgIpc) is 2.98. The molecule has 1 aliphatic rings. The first-order valence-corrected chi connectivity index (χ1v) is 13.6. The third-order valence-corrected chi connectivity index (χ3v) is 7.23. The van der Waals surface area contributed by atoms with E-state index in [1.807, 2.05) is 60.4 Å². The number of rotatable bonds is 9. The van der Waals surface area contributed by atoms with E-state index >= 15 is 0 Å². The molecule has 0 N–H and O–H groups in total. The number of hydrogen-bond donors (Lipinski definition) is 0. The van der Waals surface area contributed by atoms with Gasteiger partial charge in [-0.2, -0.15) is 0 Å². The molecule has 0 spiro atoms. The fourth-order valence-corrected chi connectivity index (χ4v) is 5.13. The first kappa shape index (κ1) is 25.6. The summed E-state index contributed by atoms with van der Waals surface area (Å²) in [4.78, 5) is 15.4. The fourth-order valence-electron chi connectivity index (χ4n) is 5.13. The van der Waals surface area contributed by atoms with Crippen LogP contribution in [0.3, 0.4) is 0 Å². The number of piperidine rings is 1. The lowest BCUT2D eigenvalue weighted by Crippen LogP contribution is -2.39. The van der Waals surface area contributed by atoms with Crippen LogP contribution >= 0.6 is 0 Å². The Kier molecular flexibility index (Phi) is 8.39. The summed E-state index contributed by atoms with van der Waals surface area (Å²) in [5, 5.41) is 0. The van der Waals surface area contributed by atoms with Gasteiger partial charge in [0.05, 0.1) is 6.61 Å². The predicted molar refractivity (Wildman–Crippen MR) is 153 cm³/mol. The SMILES string of the molecule is CCOc1ccc(C(=O)N2CCC(Cc3ccccc3)CC2)cc1COc1ccc(-c2ccccc2)cc1. The third-order valence-electron chi connectivity index (χ3n) is 7.23. The Morgan fingerprint density at radius 2 is 1.45 bits per heavy atom. The molecule has 5 rings (SSSR count). The quantitative estimate of drug-likeness (QED) is 0.237. The van der Waals surface area contributed by atoms with Gasteiger partial charge in [0.2, 0.25) is 0 Å². The Morgan fingerprint density at radius 1 is 0.789 bits per heavy atom. The lowest BCUT2D eigenvalue weighted by atomic mass is 9.90. The van der Waals surface area contributed by atoms with E-state index in [0.29, 0.717) is 24.7 Å². The summed E-state index contributed by atoms with van der Waals surface area (Å²) in [5.74, 6) is 2.24. The van der Waals surface area contributed by atoms with E-state index in [4.69, 9.17) is 9.47 Å². The zero-order valence-corrected chi connectivity index (χ0v) is 22.0. The third kappa shape index (κ3) is 6.44. The van der Waals surface area contributed by atoms with E-state index in [9.17, 15) is 4.79 Å². The van der Waals surface area contributed by atoms with Gasteiger partial charge in [0.15, 0.2) is 0 Å². The van der Waals surface area contributed by atoms with Crippen molar-refractivity contribution in [3.63, 3.8) is 0 Å². The summed E-state index contributed by atoms with van der Waals surface area (Å²) in [6, 6.07) is 34.7. The second-order valence-corrected chi connectivity index (χ2v) is 9.86. The predicted octanol–water partition coefficient (Wildman–Crippen LogP) is 7.43. The van der Waals surface area contributed by atoms with Gasteiger partial charge in [-0.15, -0.1) is 0 Å². The molecular weight excluding hydrogens is 470 g/mol. The Bertz CT molecular complexity index is 1310. The summed E-state index contributed by atoms with van der Waals surface area (Å²) in [7, 11) is 0. The van der Waals surface area contributed by atoms with Crippen LogP contribution in [-0.4, -0.2) is 30.5 Å². The highest BCUT2D eigenvalue weighted by Gasteiger charge is 2.24. The highest BCUT2D eigenvalue weighted by Crippen LogP contribution is 2.27. The maximum atomic E-state index is 13.4. The smallest absolute Gasteiger partial charge is 0.253 e. The van der Waals surface area contributed by atoms with Gasteiger partial charge < -0.3 is 14.4 Å². The van der Waals surface area contributed by atoms with E-state index in [2.05, 4.69) is 54.6 Å². The molecule has 1 saturated heterocycles. The number of carbonyl (C=O) groups is 1. The second kappa shape index (κ2) is 12.5. The molecule has 0 atom stereocenters. The lowest BCUT2D eigenvalue weighted by Gasteiger charge is -2.32. The van der Waals surface area contributed by atoms with E-state index < -0.39 is 0 Å². The van der Waals surface area contributed by atoms with Crippen LogP contribution in [0, 0.1) is 5.92 Å². The van der Waals surface area contributed by atoms with E-state index in [1.165, 1.54) is 11.1 Å². The highest BCUT2D eigenvalue weighted by atomic mass is 16.5.